The molecule has 1 heterocycles. The number of hydrogen-bond acceptors (Lipinski definition) is 4. The molecule has 0 saturated carbocycles. The molecule has 0 amide bonds. The molecule has 0 aromatic heterocycles. The highest BCUT2D eigenvalue weighted by atomic mass is 16.3. The van der Waals surface area contributed by atoms with Crippen molar-refractivity contribution in [1.82, 2.24) is 9.80 Å². The molecule has 2 atom stereocenters. The second-order valence-electron chi connectivity index (χ2n) is 5.54. The highest BCUT2D eigenvalue weighted by molar-refractivity contribution is 5.31. The molecule has 1 aliphatic heterocycles. The molecule has 1 aliphatic rings. The van der Waals surface area contributed by atoms with E-state index in [1.165, 1.54) is 5.56 Å². The van der Waals surface area contributed by atoms with Gasteiger partial charge in [0.25, 0.3) is 0 Å². The zero-order valence-corrected chi connectivity index (χ0v) is 11.6. The first kappa shape index (κ1) is 14.0. The summed E-state index contributed by atoms with van der Waals surface area (Å²) >= 11 is 0. The van der Waals surface area contributed by atoms with E-state index in [-0.39, 0.29) is 6.10 Å². The minimum Gasteiger partial charge on any atom is -0.392 e. The van der Waals surface area contributed by atoms with Crippen molar-refractivity contribution in [3.05, 3.63) is 35.4 Å². The summed E-state index contributed by atoms with van der Waals surface area (Å²) in [5.41, 5.74) is 1.88. The quantitative estimate of drug-likeness (QED) is 0.878. The van der Waals surface area contributed by atoms with E-state index < -0.39 is 0 Å². The number of likely N-dealkylation sites (tertiary alicyclic amines) is 1. The maximum absolute atomic E-state index is 9.84. The van der Waals surface area contributed by atoms with Crippen molar-refractivity contribution in [1.29, 1.82) is 5.26 Å². The lowest BCUT2D eigenvalue weighted by Crippen LogP contribution is -2.37. The van der Waals surface area contributed by atoms with Gasteiger partial charge in [-0.15, -0.1) is 0 Å². The number of aliphatic hydroxyl groups is 1. The van der Waals surface area contributed by atoms with Crippen LogP contribution in [0.5, 0.6) is 0 Å². The molecule has 1 saturated heterocycles. The predicted molar refractivity (Wildman–Crippen MR) is 74.5 cm³/mol. The summed E-state index contributed by atoms with van der Waals surface area (Å²) in [5, 5.41) is 18.6. The molecule has 19 heavy (non-hydrogen) atoms. The Morgan fingerprint density at radius 2 is 2.05 bits per heavy atom. The third-order valence-corrected chi connectivity index (χ3v) is 3.55. The maximum atomic E-state index is 9.84. The Labute approximate surface area is 114 Å². The normalized spacial score (nSPS) is 23.7. The van der Waals surface area contributed by atoms with Gasteiger partial charge >= 0.3 is 0 Å². The average molecular weight is 259 g/mol. The first-order chi connectivity index (χ1) is 9.08. The fourth-order valence-corrected chi connectivity index (χ4v) is 2.68. The summed E-state index contributed by atoms with van der Waals surface area (Å²) in [7, 11) is 4.12. The highest BCUT2D eigenvalue weighted by Gasteiger charge is 2.30. The summed E-state index contributed by atoms with van der Waals surface area (Å²) < 4.78 is 0. The molecule has 1 aromatic rings. The number of aliphatic hydroxyl groups excluding tert-OH is 1. The van der Waals surface area contributed by atoms with Crippen molar-refractivity contribution >= 4 is 0 Å². The fraction of sp³-hybridized carbons (Fsp3) is 0.533. The molecule has 4 nitrogen and oxygen atoms in total. The van der Waals surface area contributed by atoms with Gasteiger partial charge in [0.1, 0.15) is 0 Å². The molecule has 2 rings (SSSR count). The lowest BCUT2D eigenvalue weighted by molar-refractivity contribution is 0.169. The van der Waals surface area contributed by atoms with E-state index in [1.54, 1.807) is 0 Å². The zero-order valence-electron chi connectivity index (χ0n) is 11.6. The number of hydrogen-bond donors (Lipinski definition) is 1. The van der Waals surface area contributed by atoms with Crippen LogP contribution >= 0.6 is 0 Å². The number of nitriles is 1. The van der Waals surface area contributed by atoms with Gasteiger partial charge in [0.2, 0.25) is 0 Å². The van der Waals surface area contributed by atoms with Gasteiger partial charge in [-0.05, 0) is 38.2 Å². The van der Waals surface area contributed by atoms with Crippen LogP contribution in [0.1, 0.15) is 17.5 Å². The Morgan fingerprint density at radius 3 is 2.63 bits per heavy atom. The molecule has 102 valence electrons. The van der Waals surface area contributed by atoms with E-state index in [4.69, 9.17) is 5.26 Å². The summed E-state index contributed by atoms with van der Waals surface area (Å²) in [6.07, 6.45) is 0.623. The molecule has 0 bridgehead atoms. The number of nitrogens with zero attached hydrogens (tertiary/aromatic N) is 3. The second kappa shape index (κ2) is 6.16. The Balaban J connectivity index is 2.01. The first-order valence-electron chi connectivity index (χ1n) is 6.64. The van der Waals surface area contributed by atoms with Gasteiger partial charge in [-0.25, -0.2) is 0 Å². The van der Waals surface area contributed by atoms with Crippen LogP contribution in [0.25, 0.3) is 0 Å². The predicted octanol–water partition coefficient (Wildman–Crippen LogP) is 1.06. The molecule has 1 N–H and O–H groups in total. The summed E-state index contributed by atoms with van der Waals surface area (Å²) in [6, 6.07) is 10.2. The van der Waals surface area contributed by atoms with Crippen LogP contribution in [0.2, 0.25) is 0 Å². The van der Waals surface area contributed by atoms with Crippen LogP contribution in [0.15, 0.2) is 24.3 Å². The topological polar surface area (TPSA) is 50.5 Å². The van der Waals surface area contributed by atoms with Gasteiger partial charge in [-0.2, -0.15) is 5.26 Å². The SMILES string of the molecule is CN(C)CC1CC(O)CN1Cc1ccc(C#N)cc1. The van der Waals surface area contributed by atoms with Crippen LogP contribution < -0.4 is 0 Å². The smallest absolute Gasteiger partial charge is 0.0991 e. The molecular formula is C15H21N3O. The lowest BCUT2D eigenvalue weighted by atomic mass is 10.1. The number of likely N-dealkylation sites (N-methyl/N-ethyl adjacent to an activating group) is 1. The minimum atomic E-state index is -0.219. The summed E-state index contributed by atoms with van der Waals surface area (Å²) in [6.45, 7) is 2.53. The molecular weight excluding hydrogens is 238 g/mol. The van der Waals surface area contributed by atoms with Crippen molar-refractivity contribution in [3.8, 4) is 6.07 Å². The van der Waals surface area contributed by atoms with Gasteiger partial charge in [0.15, 0.2) is 0 Å². The van der Waals surface area contributed by atoms with E-state index in [2.05, 4.69) is 30.0 Å². The van der Waals surface area contributed by atoms with Crippen LogP contribution in [-0.2, 0) is 6.54 Å². The van der Waals surface area contributed by atoms with Crippen LogP contribution in [0, 0.1) is 11.3 Å². The van der Waals surface area contributed by atoms with Crippen molar-refractivity contribution < 1.29 is 5.11 Å². The molecule has 4 heteroatoms. The van der Waals surface area contributed by atoms with E-state index in [0.29, 0.717) is 11.6 Å². The molecule has 0 radical (unpaired) electrons. The molecule has 1 aromatic carbocycles. The maximum Gasteiger partial charge on any atom is 0.0991 e. The van der Waals surface area contributed by atoms with Gasteiger partial charge in [-0.1, -0.05) is 12.1 Å². The number of benzene rings is 1. The van der Waals surface area contributed by atoms with Crippen LogP contribution in [0.4, 0.5) is 0 Å². The Morgan fingerprint density at radius 1 is 1.37 bits per heavy atom. The summed E-state index contributed by atoms with van der Waals surface area (Å²) in [4.78, 5) is 4.49. The Hall–Kier alpha value is -1.41. The second-order valence-corrected chi connectivity index (χ2v) is 5.54. The third-order valence-electron chi connectivity index (χ3n) is 3.55. The molecule has 0 spiro atoms. The van der Waals surface area contributed by atoms with Crippen molar-refractivity contribution in [3.63, 3.8) is 0 Å². The monoisotopic (exact) mass is 259 g/mol. The van der Waals surface area contributed by atoms with Crippen molar-refractivity contribution in [2.75, 3.05) is 27.2 Å². The highest BCUT2D eigenvalue weighted by Crippen LogP contribution is 2.21. The Kier molecular flexibility index (Phi) is 4.54. The largest absolute Gasteiger partial charge is 0.392 e. The van der Waals surface area contributed by atoms with E-state index in [9.17, 15) is 5.11 Å². The molecule has 2 unspecified atom stereocenters. The van der Waals surface area contributed by atoms with E-state index in [0.717, 1.165) is 26.1 Å². The molecule has 1 fully saturated rings. The van der Waals surface area contributed by atoms with Crippen LogP contribution in [-0.4, -0.2) is 54.2 Å². The van der Waals surface area contributed by atoms with Gasteiger partial charge in [-0.3, -0.25) is 4.90 Å². The number of β-amino-alcohol motifs (C(OH)–C–C–N with tert-alkyl or cyclic N) is 1. The first-order valence-corrected chi connectivity index (χ1v) is 6.64. The fourth-order valence-electron chi connectivity index (χ4n) is 2.68. The minimum absolute atomic E-state index is 0.219. The zero-order chi connectivity index (χ0) is 13.8. The van der Waals surface area contributed by atoms with Gasteiger partial charge in [0, 0.05) is 25.7 Å². The van der Waals surface area contributed by atoms with Gasteiger partial charge < -0.3 is 10.0 Å². The average Bonchev–Trinajstić information content (AvgIpc) is 2.69. The summed E-state index contributed by atoms with van der Waals surface area (Å²) in [5.74, 6) is 0. The van der Waals surface area contributed by atoms with Crippen LogP contribution in [0.3, 0.4) is 0 Å². The van der Waals surface area contributed by atoms with Crippen molar-refractivity contribution in [2.24, 2.45) is 0 Å². The molecule has 0 aliphatic carbocycles. The van der Waals surface area contributed by atoms with E-state index in [1.807, 2.05) is 24.3 Å². The Bertz CT molecular complexity index is 449. The standard InChI is InChI=1S/C15H21N3O/c1-17(2)10-14-7-15(19)11-18(14)9-13-5-3-12(8-16)4-6-13/h3-6,14-15,19H,7,9-11H2,1-2H3. The number of rotatable bonds is 4. The van der Waals surface area contributed by atoms with Gasteiger partial charge in [0.05, 0.1) is 17.7 Å². The lowest BCUT2D eigenvalue weighted by Gasteiger charge is -2.26. The van der Waals surface area contributed by atoms with Crippen molar-refractivity contribution in [2.45, 2.75) is 25.1 Å². The van der Waals surface area contributed by atoms with E-state index >= 15 is 0 Å². The third kappa shape index (κ3) is 3.77.